The Labute approximate surface area is 147 Å². The lowest BCUT2D eigenvalue weighted by atomic mass is 10.3. The molecule has 2 heterocycles. The Balaban J connectivity index is 1.59. The summed E-state index contributed by atoms with van der Waals surface area (Å²) in [5.74, 6) is 1.07. The second-order valence-electron chi connectivity index (χ2n) is 4.83. The van der Waals surface area contributed by atoms with Crippen molar-refractivity contribution in [2.45, 2.75) is 17.4 Å². The molecule has 0 saturated heterocycles. The number of methoxy groups -OCH3 is 1. The second kappa shape index (κ2) is 7.50. The van der Waals surface area contributed by atoms with E-state index in [4.69, 9.17) is 9.15 Å². The topological polar surface area (TPSA) is 77.2 Å². The number of hydrogen-bond acceptors (Lipinski definition) is 7. The molecule has 1 amide bonds. The van der Waals surface area contributed by atoms with Gasteiger partial charge in [-0.25, -0.2) is 0 Å². The van der Waals surface area contributed by atoms with Crippen molar-refractivity contribution in [1.29, 1.82) is 0 Å². The van der Waals surface area contributed by atoms with Crippen LogP contribution in [0.1, 0.15) is 6.92 Å². The lowest BCUT2D eigenvalue weighted by Gasteiger charge is -2.10. The molecule has 0 bridgehead atoms. The number of thiophene rings is 1. The van der Waals surface area contributed by atoms with Gasteiger partial charge in [-0.2, -0.15) is 0 Å². The van der Waals surface area contributed by atoms with Crippen LogP contribution in [-0.2, 0) is 4.79 Å². The Kier molecular flexibility index (Phi) is 5.17. The van der Waals surface area contributed by atoms with Crippen molar-refractivity contribution >= 4 is 34.7 Å². The first-order chi connectivity index (χ1) is 11.7. The Morgan fingerprint density at radius 3 is 2.75 bits per heavy atom. The zero-order valence-corrected chi connectivity index (χ0v) is 14.7. The molecule has 24 heavy (non-hydrogen) atoms. The molecule has 0 unspecified atom stereocenters. The molecule has 3 rings (SSSR count). The van der Waals surface area contributed by atoms with E-state index in [9.17, 15) is 4.79 Å². The van der Waals surface area contributed by atoms with Crippen LogP contribution in [0.5, 0.6) is 5.75 Å². The number of rotatable bonds is 6. The van der Waals surface area contributed by atoms with Gasteiger partial charge in [0.05, 0.1) is 17.2 Å². The van der Waals surface area contributed by atoms with Crippen LogP contribution in [0.25, 0.3) is 10.8 Å². The van der Waals surface area contributed by atoms with Crippen LogP contribution in [0, 0.1) is 0 Å². The molecule has 0 aliphatic carbocycles. The van der Waals surface area contributed by atoms with Crippen LogP contribution in [-0.4, -0.2) is 28.5 Å². The highest BCUT2D eigenvalue weighted by atomic mass is 32.2. The van der Waals surface area contributed by atoms with Gasteiger partial charge in [0.25, 0.3) is 11.1 Å². The average molecular weight is 361 g/mol. The molecule has 6 nitrogen and oxygen atoms in total. The van der Waals surface area contributed by atoms with E-state index in [-0.39, 0.29) is 11.2 Å². The second-order valence-corrected chi connectivity index (χ2v) is 7.07. The quantitative estimate of drug-likeness (QED) is 0.671. The molecule has 0 aliphatic rings. The van der Waals surface area contributed by atoms with Crippen molar-refractivity contribution in [1.82, 2.24) is 10.2 Å². The number of thioether (sulfide) groups is 1. The third-order valence-corrected chi connectivity index (χ3v) is 4.93. The van der Waals surface area contributed by atoms with Crippen molar-refractivity contribution in [2.75, 3.05) is 12.4 Å². The van der Waals surface area contributed by atoms with E-state index in [1.54, 1.807) is 38.3 Å². The number of anilines is 1. The van der Waals surface area contributed by atoms with Crippen molar-refractivity contribution in [3.8, 4) is 16.5 Å². The van der Waals surface area contributed by atoms with E-state index in [2.05, 4.69) is 15.5 Å². The number of nitrogens with one attached hydrogen (secondary N) is 1. The van der Waals surface area contributed by atoms with E-state index in [0.29, 0.717) is 16.8 Å². The number of aromatic nitrogens is 2. The van der Waals surface area contributed by atoms with Crippen LogP contribution in [0.15, 0.2) is 51.4 Å². The van der Waals surface area contributed by atoms with Crippen molar-refractivity contribution in [3.63, 3.8) is 0 Å². The summed E-state index contributed by atoms with van der Waals surface area (Å²) < 4.78 is 10.7. The molecule has 8 heteroatoms. The van der Waals surface area contributed by atoms with Gasteiger partial charge in [0.1, 0.15) is 5.75 Å². The highest BCUT2D eigenvalue weighted by molar-refractivity contribution is 8.00. The van der Waals surface area contributed by atoms with Gasteiger partial charge < -0.3 is 14.5 Å². The van der Waals surface area contributed by atoms with Gasteiger partial charge in [0, 0.05) is 5.69 Å². The van der Waals surface area contributed by atoms with Crippen LogP contribution in [0.2, 0.25) is 0 Å². The number of hydrogen-bond donors (Lipinski definition) is 1. The maximum absolute atomic E-state index is 12.3. The molecule has 3 aromatic rings. The summed E-state index contributed by atoms with van der Waals surface area (Å²) in [6.45, 7) is 1.79. The molecule has 1 N–H and O–H groups in total. The molecule has 1 atom stereocenters. The maximum atomic E-state index is 12.3. The first-order valence-corrected chi connectivity index (χ1v) is 8.90. The predicted octanol–water partition coefficient (Wildman–Crippen LogP) is 3.93. The zero-order chi connectivity index (χ0) is 16.9. The first-order valence-electron chi connectivity index (χ1n) is 7.14. The molecule has 2 aromatic heterocycles. The van der Waals surface area contributed by atoms with Crippen LogP contribution in [0.3, 0.4) is 0 Å². The minimum Gasteiger partial charge on any atom is -0.497 e. The van der Waals surface area contributed by atoms with Gasteiger partial charge in [-0.15, -0.1) is 21.5 Å². The van der Waals surface area contributed by atoms with Crippen LogP contribution >= 0.6 is 23.1 Å². The number of ether oxygens (including phenoxy) is 1. The molecule has 0 radical (unpaired) electrons. The summed E-state index contributed by atoms with van der Waals surface area (Å²) in [7, 11) is 1.60. The molecule has 124 valence electrons. The van der Waals surface area contributed by atoms with E-state index < -0.39 is 0 Å². The number of amides is 1. The molecule has 0 spiro atoms. The number of carbonyl (C=O) groups excluding carboxylic acids is 1. The Morgan fingerprint density at radius 1 is 1.29 bits per heavy atom. The van der Waals surface area contributed by atoms with Gasteiger partial charge >= 0.3 is 0 Å². The highest BCUT2D eigenvalue weighted by Crippen LogP contribution is 2.28. The van der Waals surface area contributed by atoms with Crippen molar-refractivity contribution < 1.29 is 13.9 Å². The fraction of sp³-hybridized carbons (Fsp3) is 0.188. The minimum absolute atomic E-state index is 0.138. The summed E-state index contributed by atoms with van der Waals surface area (Å²) in [5, 5.41) is 12.8. The number of carbonyl (C=O) groups is 1. The minimum atomic E-state index is -0.372. The Bertz CT molecular complexity index is 800. The standard InChI is InChI=1S/C16H15N3O3S2/c1-10(14(20)17-11-5-7-12(21-2)8-6-11)24-16-19-18-15(22-16)13-4-3-9-23-13/h3-10H,1-2H3,(H,17,20)/t10-/m1/s1. The monoisotopic (exact) mass is 361 g/mol. The molecule has 1 aromatic carbocycles. The third kappa shape index (κ3) is 3.95. The van der Waals surface area contributed by atoms with Gasteiger partial charge in [0.15, 0.2) is 0 Å². The van der Waals surface area contributed by atoms with E-state index >= 15 is 0 Å². The normalized spacial score (nSPS) is 11.9. The van der Waals surface area contributed by atoms with Gasteiger partial charge in [0.2, 0.25) is 5.91 Å². The Morgan fingerprint density at radius 2 is 2.08 bits per heavy atom. The fourth-order valence-electron chi connectivity index (χ4n) is 1.88. The van der Waals surface area contributed by atoms with Gasteiger partial charge in [-0.1, -0.05) is 17.8 Å². The largest absolute Gasteiger partial charge is 0.497 e. The lowest BCUT2D eigenvalue weighted by Crippen LogP contribution is -2.22. The SMILES string of the molecule is COc1ccc(NC(=O)[C@@H](C)Sc2nnc(-c3cccs3)o2)cc1. The molecular formula is C16H15N3O3S2. The number of nitrogens with zero attached hydrogens (tertiary/aromatic N) is 2. The summed E-state index contributed by atoms with van der Waals surface area (Å²) in [6, 6.07) is 11.0. The molecule has 0 fully saturated rings. The summed E-state index contributed by atoms with van der Waals surface area (Å²) in [5.41, 5.74) is 0.707. The summed E-state index contributed by atoms with van der Waals surface area (Å²) in [4.78, 5) is 13.2. The number of benzene rings is 1. The third-order valence-electron chi connectivity index (χ3n) is 3.14. The van der Waals surface area contributed by atoms with Crippen molar-refractivity contribution in [3.05, 3.63) is 41.8 Å². The first kappa shape index (κ1) is 16.5. The predicted molar refractivity (Wildman–Crippen MR) is 94.6 cm³/mol. The summed E-state index contributed by atoms with van der Waals surface area (Å²) in [6.07, 6.45) is 0. The van der Waals surface area contributed by atoms with Gasteiger partial charge in [-0.05, 0) is 42.6 Å². The van der Waals surface area contributed by atoms with Crippen molar-refractivity contribution in [2.24, 2.45) is 0 Å². The maximum Gasteiger partial charge on any atom is 0.277 e. The molecule has 0 aliphatic heterocycles. The van der Waals surface area contributed by atoms with Gasteiger partial charge in [-0.3, -0.25) is 4.79 Å². The van der Waals surface area contributed by atoms with E-state index in [0.717, 1.165) is 10.6 Å². The van der Waals surface area contributed by atoms with Crippen LogP contribution in [0.4, 0.5) is 5.69 Å². The summed E-state index contributed by atoms with van der Waals surface area (Å²) >= 11 is 2.75. The molecule has 0 saturated carbocycles. The lowest BCUT2D eigenvalue weighted by molar-refractivity contribution is -0.115. The van der Waals surface area contributed by atoms with Crippen LogP contribution < -0.4 is 10.1 Å². The van der Waals surface area contributed by atoms with E-state index in [1.807, 2.05) is 17.5 Å². The smallest absolute Gasteiger partial charge is 0.277 e. The zero-order valence-electron chi connectivity index (χ0n) is 13.1. The van der Waals surface area contributed by atoms with E-state index in [1.165, 1.54) is 23.1 Å². The Hall–Kier alpha value is -2.32. The highest BCUT2D eigenvalue weighted by Gasteiger charge is 2.19. The fourth-order valence-corrected chi connectivity index (χ4v) is 3.21. The molecular weight excluding hydrogens is 346 g/mol. The average Bonchev–Trinajstić information content (AvgIpc) is 3.26.